The molecule has 3 saturated heterocycles. The highest BCUT2D eigenvalue weighted by molar-refractivity contribution is 5.96. The number of amides is 2. The number of aliphatic hydroxyl groups is 1. The summed E-state index contributed by atoms with van der Waals surface area (Å²) < 4.78 is 68.2. The molecule has 4 fully saturated rings. The van der Waals surface area contributed by atoms with Crippen LogP contribution >= 0.6 is 0 Å². The van der Waals surface area contributed by atoms with E-state index in [0.29, 0.717) is 27.8 Å². The predicted molar refractivity (Wildman–Crippen MR) is 248 cm³/mol. The Morgan fingerprint density at radius 2 is 1.51 bits per heavy atom. The van der Waals surface area contributed by atoms with Gasteiger partial charge in [0.25, 0.3) is 0 Å². The summed E-state index contributed by atoms with van der Waals surface area (Å²) in [5, 5.41) is 14.6. The number of nitrogens with zero attached hydrogens (tertiary/aromatic N) is 2. The number of hydroxylamine groups is 2. The summed E-state index contributed by atoms with van der Waals surface area (Å²) in [6, 6.07) is 30.5. The Bertz CT molecular complexity index is 2560. The summed E-state index contributed by atoms with van der Waals surface area (Å²) in [5.41, 5.74) is 0.366. The maximum absolute atomic E-state index is 16.0. The molecule has 4 aliphatic rings. The monoisotopic (exact) mass is 983 g/mol. The Hall–Kier alpha value is -6.44. The molecule has 71 heavy (non-hydrogen) atoms. The van der Waals surface area contributed by atoms with Gasteiger partial charge in [-0.3, -0.25) is 24.0 Å². The lowest BCUT2D eigenvalue weighted by atomic mass is 9.62. The molecule has 4 aromatic carbocycles. The van der Waals surface area contributed by atoms with Crippen LogP contribution in [0, 0.1) is 5.41 Å². The number of rotatable bonds is 17. The average Bonchev–Trinajstić information content (AvgIpc) is 3.92. The predicted octanol–water partition coefficient (Wildman–Crippen LogP) is 5.96. The number of aliphatic hydroxyl groups excluding tert-OH is 1. The molecule has 2 bridgehead atoms. The molecule has 1 aliphatic carbocycles. The second-order valence-corrected chi connectivity index (χ2v) is 19.2. The number of ether oxygens (including phenoxy) is 5. The van der Waals surface area contributed by atoms with E-state index in [1.165, 1.54) is 23.1 Å². The lowest BCUT2D eigenvalue weighted by Crippen LogP contribution is -2.70. The molecule has 3 aliphatic heterocycles. The number of fused-ring (bicyclic) bond motifs is 4. The van der Waals surface area contributed by atoms with Gasteiger partial charge in [-0.1, -0.05) is 115 Å². The number of hydrogen-bond donors (Lipinski definition) is 2. The Morgan fingerprint density at radius 3 is 2.13 bits per heavy atom. The van der Waals surface area contributed by atoms with Crippen molar-refractivity contribution in [3.05, 3.63) is 149 Å². The zero-order valence-electron chi connectivity index (χ0n) is 39.6. The fraction of sp³-hybridized carbons (Fsp3) is 0.415. The summed E-state index contributed by atoms with van der Waals surface area (Å²) in [6.07, 6.45) is -6.97. The summed E-state index contributed by atoms with van der Waals surface area (Å²) in [6.45, 7) is 2.80. The number of halogens is 3. The highest BCUT2D eigenvalue weighted by Gasteiger charge is 2.77. The normalized spacial score (nSPS) is 24.3. The summed E-state index contributed by atoms with van der Waals surface area (Å²) in [5.74, 6) is -5.32. The second-order valence-electron chi connectivity index (χ2n) is 19.2. The van der Waals surface area contributed by atoms with Gasteiger partial charge in [-0.15, -0.1) is 0 Å². The van der Waals surface area contributed by atoms with Crippen LogP contribution in [0.15, 0.2) is 121 Å². The first kappa shape index (κ1) is 50.9. The molecule has 2 amide bonds. The molecule has 15 nitrogen and oxygen atoms in total. The molecule has 8 atom stereocenters. The van der Waals surface area contributed by atoms with Crippen molar-refractivity contribution in [2.75, 3.05) is 20.3 Å². The van der Waals surface area contributed by atoms with Crippen LogP contribution in [0.5, 0.6) is 0 Å². The topological polar surface area (TPSA) is 179 Å². The van der Waals surface area contributed by atoms with Gasteiger partial charge >= 0.3 is 24.1 Å². The van der Waals surface area contributed by atoms with Crippen molar-refractivity contribution >= 4 is 35.8 Å². The first-order valence-corrected chi connectivity index (χ1v) is 23.4. The van der Waals surface area contributed by atoms with E-state index in [2.05, 4.69) is 10.1 Å². The third kappa shape index (κ3) is 11.1. The fourth-order valence-electron chi connectivity index (χ4n) is 9.91. The number of hydrogen-bond acceptors (Lipinski definition) is 13. The smallest absolute Gasteiger partial charge is 0.422 e. The molecule has 3 heterocycles. The molecule has 0 unspecified atom stereocenters. The van der Waals surface area contributed by atoms with Gasteiger partial charge in [0.1, 0.15) is 41.5 Å². The van der Waals surface area contributed by atoms with Crippen molar-refractivity contribution in [1.29, 1.82) is 0 Å². The van der Waals surface area contributed by atoms with E-state index in [0.717, 1.165) is 6.08 Å². The summed E-state index contributed by atoms with van der Waals surface area (Å²) in [4.78, 5) is 78.3. The van der Waals surface area contributed by atoms with E-state index in [4.69, 9.17) is 23.8 Å². The van der Waals surface area contributed by atoms with Gasteiger partial charge in [0, 0.05) is 43.5 Å². The van der Waals surface area contributed by atoms with Gasteiger partial charge in [-0.05, 0) is 50.0 Å². The molecule has 0 radical (unpaired) electrons. The minimum Gasteiger partial charge on any atom is -0.460 e. The van der Waals surface area contributed by atoms with Crippen LogP contribution in [0.3, 0.4) is 0 Å². The minimum atomic E-state index is -4.70. The third-order valence-corrected chi connectivity index (χ3v) is 13.0. The Morgan fingerprint density at radius 1 is 0.887 bits per heavy atom. The number of nitrogens with one attached hydrogen (secondary N) is 1. The molecular formula is C53H56F3N3O12. The van der Waals surface area contributed by atoms with Crippen molar-refractivity contribution in [3.8, 4) is 0 Å². The van der Waals surface area contributed by atoms with Crippen LogP contribution in [0.4, 0.5) is 13.2 Å². The van der Waals surface area contributed by atoms with E-state index >= 15 is 4.79 Å². The quantitative estimate of drug-likeness (QED) is 0.0720. The zero-order chi connectivity index (χ0) is 50.7. The van der Waals surface area contributed by atoms with Crippen LogP contribution < -0.4 is 5.32 Å². The molecule has 4 aromatic rings. The van der Waals surface area contributed by atoms with Crippen molar-refractivity contribution in [2.45, 2.75) is 113 Å². The maximum Gasteiger partial charge on any atom is 0.422 e. The third-order valence-electron chi connectivity index (χ3n) is 13.0. The second kappa shape index (κ2) is 20.7. The summed E-state index contributed by atoms with van der Waals surface area (Å²) >= 11 is 0. The van der Waals surface area contributed by atoms with Gasteiger partial charge in [0.15, 0.2) is 12.6 Å². The van der Waals surface area contributed by atoms with E-state index < -0.39 is 108 Å². The fourth-order valence-corrected chi connectivity index (χ4v) is 9.91. The number of esters is 3. The first-order valence-electron chi connectivity index (χ1n) is 23.4. The Kier molecular flexibility index (Phi) is 14.9. The van der Waals surface area contributed by atoms with E-state index in [-0.39, 0.29) is 32.2 Å². The van der Waals surface area contributed by atoms with Crippen LogP contribution in [-0.4, -0.2) is 119 Å². The van der Waals surface area contributed by atoms with Gasteiger partial charge in [0.05, 0.1) is 19.2 Å². The average molecular weight is 984 g/mol. The van der Waals surface area contributed by atoms with Crippen LogP contribution in [0.25, 0.3) is 6.08 Å². The molecule has 2 N–H and O–H groups in total. The van der Waals surface area contributed by atoms with E-state index in [1.807, 2.05) is 78.9 Å². The first-order chi connectivity index (χ1) is 33.8. The standard InChI is InChI=1S/C53H56F3N3O12/c1-50(2,3)68-42(62)26-24-38(31-60)57-47(63)39(28-33-15-8-5-9-16-33)58(4)49(65)51-29-40-43-44(70-53(69-43,36-19-10-6-11-20-36)37-21-12-7-13-22-37)46(51)71-59(45(51)48(64)67-40)30-35-18-14-17-34(27-35)23-25-41(61)66-32-52(54,55)56/h5-23,25,27,38-40,43-46,60H,24,26,28-32H2,1-4H3,(H,57,63)/t38-,39+,40+,43-,44-,45-,46+,51-/m0/s1. The number of likely N-dealkylation sites (N-methyl/N-ethyl adjacent to an activating group) is 1. The minimum absolute atomic E-state index is 0.0177. The van der Waals surface area contributed by atoms with Crippen molar-refractivity contribution in [2.24, 2.45) is 5.41 Å². The lowest BCUT2D eigenvalue weighted by molar-refractivity contribution is -0.214. The summed E-state index contributed by atoms with van der Waals surface area (Å²) in [7, 11) is 1.48. The zero-order valence-corrected chi connectivity index (χ0v) is 39.6. The molecular weight excluding hydrogens is 928 g/mol. The molecule has 0 aromatic heterocycles. The Balaban J connectivity index is 1.16. The molecule has 1 saturated carbocycles. The number of carbonyl (C=O) groups is 5. The van der Waals surface area contributed by atoms with Gasteiger partial charge in [0.2, 0.25) is 17.6 Å². The number of benzene rings is 4. The van der Waals surface area contributed by atoms with Crippen molar-refractivity contribution < 1.29 is 70.8 Å². The van der Waals surface area contributed by atoms with E-state index in [9.17, 15) is 37.5 Å². The van der Waals surface area contributed by atoms with Crippen molar-refractivity contribution in [3.63, 3.8) is 0 Å². The highest BCUT2D eigenvalue weighted by atomic mass is 19.4. The molecule has 8 rings (SSSR count). The largest absolute Gasteiger partial charge is 0.460 e. The van der Waals surface area contributed by atoms with Crippen LogP contribution in [0.1, 0.15) is 67.9 Å². The van der Waals surface area contributed by atoms with E-state index in [1.54, 1.807) is 57.2 Å². The van der Waals surface area contributed by atoms with Gasteiger partial charge < -0.3 is 39.0 Å². The molecule has 0 spiro atoms. The van der Waals surface area contributed by atoms with Gasteiger partial charge in [-0.2, -0.15) is 18.2 Å². The molecule has 376 valence electrons. The van der Waals surface area contributed by atoms with Crippen LogP contribution in [0.2, 0.25) is 0 Å². The maximum atomic E-state index is 16.0. The van der Waals surface area contributed by atoms with Crippen molar-refractivity contribution in [1.82, 2.24) is 15.3 Å². The highest BCUT2D eigenvalue weighted by Crippen LogP contribution is 2.60. The number of alkyl halides is 3. The van der Waals surface area contributed by atoms with Crippen LogP contribution in [-0.2, 0) is 71.2 Å². The Labute approximate surface area is 408 Å². The number of carbonyl (C=O) groups excluding carboxylic acids is 5. The lowest BCUT2D eigenvalue weighted by Gasteiger charge is -2.50. The SMILES string of the molecule is CN(C(=O)[C@@]12C[C@H]3OC(=O)[C@@H]1N(Cc1cccc(C=CC(=O)OCC(F)(F)F)c1)O[C@@H]2[C@H]1OC(c2ccccc2)(c2ccccc2)O[C@H]13)[C@H](Cc1ccccc1)C(=O)N[C@H](CO)CCC(=O)OC(C)(C)C. The van der Waals surface area contributed by atoms with Gasteiger partial charge in [-0.25, -0.2) is 4.79 Å². The molecule has 18 heteroatoms.